The largest absolute Gasteiger partial charge is 0.350 e. The van der Waals surface area contributed by atoms with Crippen LogP contribution in [0.15, 0.2) is 36.5 Å². The third-order valence-electron chi connectivity index (χ3n) is 4.52. The highest BCUT2D eigenvalue weighted by molar-refractivity contribution is 5.92. The lowest BCUT2D eigenvalue weighted by atomic mass is 9.78. The normalized spacial score (nSPS) is 16.8. The Morgan fingerprint density at radius 2 is 2.14 bits per heavy atom. The number of carbonyl (C=O) groups excluding carboxylic acids is 1. The monoisotopic (exact) mass is 283 g/mol. The molecule has 0 radical (unpaired) electrons. The van der Waals surface area contributed by atoms with Crippen LogP contribution in [0.3, 0.4) is 0 Å². The highest BCUT2D eigenvalue weighted by Crippen LogP contribution is 2.40. The van der Waals surface area contributed by atoms with Crippen molar-refractivity contribution in [3.05, 3.63) is 53.3 Å². The highest BCUT2D eigenvalue weighted by atomic mass is 16.1. The van der Waals surface area contributed by atoms with Gasteiger partial charge in [0.25, 0.3) is 5.91 Å². The number of hydrogen-bond donors (Lipinski definition) is 2. The number of aromatic amines is 1. The molecule has 0 atom stereocenters. The van der Waals surface area contributed by atoms with E-state index in [1.807, 2.05) is 0 Å². The van der Waals surface area contributed by atoms with E-state index in [2.05, 4.69) is 46.7 Å². The zero-order chi connectivity index (χ0) is 14.7. The number of H-pyrrole nitrogens is 1. The van der Waals surface area contributed by atoms with E-state index in [1.165, 1.54) is 24.0 Å². The fraction of sp³-hybridized carbons (Fsp3) is 0.412. The first kappa shape index (κ1) is 13.9. The van der Waals surface area contributed by atoms with E-state index in [4.69, 9.17) is 0 Å². The van der Waals surface area contributed by atoms with Gasteiger partial charge in [-0.05, 0) is 31.4 Å². The van der Waals surface area contributed by atoms with Crippen molar-refractivity contribution in [2.24, 2.45) is 0 Å². The zero-order valence-corrected chi connectivity index (χ0v) is 12.4. The van der Waals surface area contributed by atoms with E-state index >= 15 is 0 Å². The molecule has 2 aromatic rings. The summed E-state index contributed by atoms with van der Waals surface area (Å²) < 4.78 is 0. The summed E-state index contributed by atoms with van der Waals surface area (Å²) in [5, 5.41) is 9.61. The first-order valence-corrected chi connectivity index (χ1v) is 7.54. The molecule has 0 unspecified atom stereocenters. The number of amides is 1. The number of benzene rings is 1. The molecule has 3 rings (SSSR count). The van der Waals surface area contributed by atoms with Gasteiger partial charge in [0.15, 0.2) is 0 Å². The van der Waals surface area contributed by atoms with Crippen molar-refractivity contribution in [3.8, 4) is 0 Å². The molecule has 1 amide bonds. The number of aromatic nitrogens is 2. The third-order valence-corrected chi connectivity index (χ3v) is 4.52. The predicted molar refractivity (Wildman–Crippen MR) is 82.2 cm³/mol. The maximum absolute atomic E-state index is 12.1. The lowest BCUT2D eigenvalue weighted by Gasteiger charge is -2.30. The van der Waals surface area contributed by atoms with E-state index < -0.39 is 0 Å². The van der Waals surface area contributed by atoms with Crippen molar-refractivity contribution < 1.29 is 4.79 Å². The Kier molecular flexibility index (Phi) is 3.78. The van der Waals surface area contributed by atoms with Crippen LogP contribution in [0.4, 0.5) is 0 Å². The predicted octanol–water partition coefficient (Wildman–Crippen LogP) is 2.96. The second kappa shape index (κ2) is 5.72. The Morgan fingerprint density at radius 1 is 1.33 bits per heavy atom. The molecular weight excluding hydrogens is 262 g/mol. The van der Waals surface area contributed by atoms with Gasteiger partial charge in [0.05, 0.1) is 0 Å². The molecule has 0 spiro atoms. The molecule has 4 nitrogen and oxygen atoms in total. The van der Waals surface area contributed by atoms with E-state index in [0.29, 0.717) is 12.2 Å². The third kappa shape index (κ3) is 2.84. The van der Waals surface area contributed by atoms with Crippen LogP contribution in [-0.2, 0) is 5.41 Å². The molecule has 1 aliphatic rings. The topological polar surface area (TPSA) is 57.8 Å². The average molecular weight is 283 g/mol. The van der Waals surface area contributed by atoms with Gasteiger partial charge in [-0.2, -0.15) is 5.10 Å². The Balaban J connectivity index is 1.77. The van der Waals surface area contributed by atoms with Gasteiger partial charge in [0, 0.05) is 18.2 Å². The summed E-state index contributed by atoms with van der Waals surface area (Å²) in [7, 11) is 0. The molecule has 1 aromatic carbocycles. The van der Waals surface area contributed by atoms with E-state index in [9.17, 15) is 4.79 Å². The van der Waals surface area contributed by atoms with E-state index in [1.54, 1.807) is 12.3 Å². The average Bonchev–Trinajstić information content (AvgIpc) is 3.17. The number of nitrogens with zero attached hydrogens (tertiary/aromatic N) is 1. The molecule has 110 valence electrons. The molecule has 1 saturated carbocycles. The SMILES string of the molecule is Cc1cccc(C2(CNC(=O)c3ccn[nH]3)CCCC2)c1. The molecule has 1 aliphatic carbocycles. The summed E-state index contributed by atoms with van der Waals surface area (Å²) in [5.41, 5.74) is 3.23. The molecule has 0 bridgehead atoms. The van der Waals surface area contributed by atoms with Crippen LogP contribution in [0.1, 0.15) is 47.3 Å². The molecule has 2 N–H and O–H groups in total. The second-order valence-corrected chi connectivity index (χ2v) is 6.01. The number of hydrogen-bond acceptors (Lipinski definition) is 2. The van der Waals surface area contributed by atoms with E-state index in [-0.39, 0.29) is 11.3 Å². The zero-order valence-electron chi connectivity index (χ0n) is 12.4. The van der Waals surface area contributed by atoms with Gasteiger partial charge in [-0.3, -0.25) is 9.89 Å². The van der Waals surface area contributed by atoms with Gasteiger partial charge >= 0.3 is 0 Å². The van der Waals surface area contributed by atoms with Crippen LogP contribution in [-0.4, -0.2) is 22.6 Å². The Bertz CT molecular complexity index is 613. The minimum Gasteiger partial charge on any atom is -0.350 e. The van der Waals surface area contributed by atoms with Crippen molar-refractivity contribution in [2.45, 2.75) is 38.0 Å². The number of aryl methyl sites for hydroxylation is 1. The van der Waals surface area contributed by atoms with Crippen LogP contribution in [0.2, 0.25) is 0 Å². The molecule has 1 heterocycles. The summed E-state index contributed by atoms with van der Waals surface area (Å²) in [6.45, 7) is 2.81. The summed E-state index contributed by atoms with van der Waals surface area (Å²) in [6.07, 6.45) is 6.34. The van der Waals surface area contributed by atoms with Gasteiger partial charge < -0.3 is 5.32 Å². The first-order valence-electron chi connectivity index (χ1n) is 7.54. The number of rotatable bonds is 4. The minimum absolute atomic E-state index is 0.0774. The fourth-order valence-corrected chi connectivity index (χ4v) is 3.32. The van der Waals surface area contributed by atoms with Crippen molar-refractivity contribution in [2.75, 3.05) is 6.54 Å². The smallest absolute Gasteiger partial charge is 0.269 e. The molecule has 1 fully saturated rings. The highest BCUT2D eigenvalue weighted by Gasteiger charge is 2.36. The lowest BCUT2D eigenvalue weighted by molar-refractivity contribution is 0.0938. The van der Waals surface area contributed by atoms with Crippen molar-refractivity contribution in [3.63, 3.8) is 0 Å². The second-order valence-electron chi connectivity index (χ2n) is 6.01. The van der Waals surface area contributed by atoms with Crippen LogP contribution >= 0.6 is 0 Å². The number of carbonyl (C=O) groups is 1. The van der Waals surface area contributed by atoms with Crippen molar-refractivity contribution in [1.82, 2.24) is 15.5 Å². The first-order chi connectivity index (χ1) is 10.2. The molecule has 0 aliphatic heterocycles. The Labute approximate surface area is 125 Å². The summed E-state index contributed by atoms with van der Waals surface area (Å²) in [5.74, 6) is -0.0774. The summed E-state index contributed by atoms with van der Waals surface area (Å²) >= 11 is 0. The van der Waals surface area contributed by atoms with Gasteiger partial charge in [0.2, 0.25) is 0 Å². The quantitative estimate of drug-likeness (QED) is 0.906. The molecular formula is C17H21N3O. The molecule has 1 aromatic heterocycles. The summed E-state index contributed by atoms with van der Waals surface area (Å²) in [4.78, 5) is 12.1. The maximum atomic E-state index is 12.1. The number of nitrogens with one attached hydrogen (secondary N) is 2. The van der Waals surface area contributed by atoms with Gasteiger partial charge in [0.1, 0.15) is 5.69 Å². The summed E-state index contributed by atoms with van der Waals surface area (Å²) in [6, 6.07) is 10.4. The van der Waals surface area contributed by atoms with Gasteiger partial charge in [-0.15, -0.1) is 0 Å². The molecule has 0 saturated heterocycles. The maximum Gasteiger partial charge on any atom is 0.269 e. The van der Waals surface area contributed by atoms with Crippen LogP contribution in [0.5, 0.6) is 0 Å². The standard InChI is InChI=1S/C17H21N3O/c1-13-5-4-6-14(11-13)17(8-2-3-9-17)12-18-16(21)15-7-10-19-20-15/h4-7,10-11H,2-3,8-9,12H2,1H3,(H,18,21)(H,19,20). The fourth-order valence-electron chi connectivity index (χ4n) is 3.32. The van der Waals surface area contributed by atoms with E-state index in [0.717, 1.165) is 12.8 Å². The Morgan fingerprint density at radius 3 is 2.81 bits per heavy atom. The van der Waals surface area contributed by atoms with Crippen LogP contribution in [0, 0.1) is 6.92 Å². The van der Waals surface area contributed by atoms with Crippen molar-refractivity contribution >= 4 is 5.91 Å². The van der Waals surface area contributed by atoms with Crippen LogP contribution < -0.4 is 5.32 Å². The van der Waals surface area contributed by atoms with Crippen LogP contribution in [0.25, 0.3) is 0 Å². The molecule has 21 heavy (non-hydrogen) atoms. The van der Waals surface area contributed by atoms with Gasteiger partial charge in [-0.25, -0.2) is 0 Å². The van der Waals surface area contributed by atoms with Gasteiger partial charge in [-0.1, -0.05) is 42.7 Å². The Hall–Kier alpha value is -2.10. The van der Waals surface area contributed by atoms with Crippen molar-refractivity contribution in [1.29, 1.82) is 0 Å². The minimum atomic E-state index is -0.0774. The lowest BCUT2D eigenvalue weighted by Crippen LogP contribution is -2.39. The molecule has 4 heteroatoms.